The van der Waals surface area contributed by atoms with Crippen molar-refractivity contribution >= 4 is 5.82 Å². The summed E-state index contributed by atoms with van der Waals surface area (Å²) in [5.41, 5.74) is 1.39. The van der Waals surface area contributed by atoms with Crippen molar-refractivity contribution in [1.82, 2.24) is 4.98 Å². The zero-order valence-corrected chi connectivity index (χ0v) is 12.1. The van der Waals surface area contributed by atoms with Crippen LogP contribution in [0.5, 0.6) is 0 Å². The fourth-order valence-corrected chi connectivity index (χ4v) is 1.96. The maximum Gasteiger partial charge on any atom is 0.126 e. The highest BCUT2D eigenvalue weighted by atomic mass is 16.3. The van der Waals surface area contributed by atoms with Crippen LogP contribution in [0.25, 0.3) is 0 Å². The molecule has 3 heteroatoms. The molecule has 0 fully saturated rings. The van der Waals surface area contributed by atoms with Crippen molar-refractivity contribution in [2.45, 2.75) is 45.6 Å². The number of aromatic nitrogens is 1. The van der Waals surface area contributed by atoms with E-state index in [1.165, 1.54) is 5.56 Å². The summed E-state index contributed by atoms with van der Waals surface area (Å²) >= 11 is 0. The molecular formula is C16H22N2O. The third-order valence-corrected chi connectivity index (χ3v) is 3.11. The third-order valence-electron chi connectivity index (χ3n) is 3.11. The Hall–Kier alpha value is -1.77. The first-order valence-corrected chi connectivity index (χ1v) is 6.70. The zero-order chi connectivity index (χ0) is 13.9. The molecule has 2 rings (SSSR count). The molecule has 3 nitrogen and oxygen atoms in total. The van der Waals surface area contributed by atoms with E-state index in [1.807, 2.05) is 24.4 Å². The molecule has 0 aliphatic carbocycles. The van der Waals surface area contributed by atoms with Gasteiger partial charge in [0.25, 0.3) is 0 Å². The highest BCUT2D eigenvalue weighted by molar-refractivity contribution is 5.38. The molecule has 102 valence electrons. The molecule has 0 aliphatic heterocycles. The van der Waals surface area contributed by atoms with Crippen LogP contribution in [0.3, 0.4) is 0 Å². The highest BCUT2D eigenvalue weighted by Crippen LogP contribution is 2.22. The first-order chi connectivity index (χ1) is 8.95. The van der Waals surface area contributed by atoms with Crippen LogP contribution in [0.15, 0.2) is 41.1 Å². The summed E-state index contributed by atoms with van der Waals surface area (Å²) in [6.45, 7) is 8.70. The lowest BCUT2D eigenvalue weighted by molar-refractivity contribution is 0.497. The zero-order valence-electron chi connectivity index (χ0n) is 12.1. The molecule has 1 unspecified atom stereocenters. The number of nitrogens with one attached hydrogen (secondary N) is 1. The van der Waals surface area contributed by atoms with Gasteiger partial charge >= 0.3 is 0 Å². The number of hydrogen-bond acceptors (Lipinski definition) is 3. The van der Waals surface area contributed by atoms with Crippen LogP contribution in [0.2, 0.25) is 0 Å². The minimum absolute atomic E-state index is 0.144. The first-order valence-electron chi connectivity index (χ1n) is 6.70. The van der Waals surface area contributed by atoms with Gasteiger partial charge < -0.3 is 9.73 Å². The van der Waals surface area contributed by atoms with E-state index in [1.54, 1.807) is 6.26 Å². The summed E-state index contributed by atoms with van der Waals surface area (Å²) in [6, 6.07) is 8.38. The molecule has 0 amide bonds. The number of furan rings is 1. The van der Waals surface area contributed by atoms with E-state index in [-0.39, 0.29) is 5.41 Å². The normalized spacial score (nSPS) is 13.3. The number of hydrogen-bond donors (Lipinski definition) is 1. The van der Waals surface area contributed by atoms with E-state index in [9.17, 15) is 0 Å². The van der Waals surface area contributed by atoms with Gasteiger partial charge in [-0.25, -0.2) is 4.98 Å². The topological polar surface area (TPSA) is 38.1 Å². The molecule has 1 atom stereocenters. The summed E-state index contributed by atoms with van der Waals surface area (Å²) in [4.78, 5) is 4.47. The van der Waals surface area contributed by atoms with Crippen LogP contribution in [-0.4, -0.2) is 11.0 Å². The van der Waals surface area contributed by atoms with Crippen LogP contribution in [0.1, 0.15) is 39.0 Å². The van der Waals surface area contributed by atoms with E-state index in [0.29, 0.717) is 6.04 Å². The van der Waals surface area contributed by atoms with Crippen molar-refractivity contribution in [2.24, 2.45) is 0 Å². The predicted molar refractivity (Wildman–Crippen MR) is 78.4 cm³/mol. The summed E-state index contributed by atoms with van der Waals surface area (Å²) < 4.78 is 5.35. The van der Waals surface area contributed by atoms with Crippen molar-refractivity contribution in [3.63, 3.8) is 0 Å². The highest BCUT2D eigenvalue weighted by Gasteiger charge is 2.14. The van der Waals surface area contributed by atoms with E-state index >= 15 is 0 Å². The van der Waals surface area contributed by atoms with Gasteiger partial charge in [0.1, 0.15) is 11.6 Å². The number of anilines is 1. The molecule has 2 aromatic rings. The SMILES string of the molecule is CC(Cc1ccco1)Nc1ccc(C(C)(C)C)cn1. The van der Waals surface area contributed by atoms with Crippen molar-refractivity contribution in [2.75, 3.05) is 5.32 Å². The Morgan fingerprint density at radius 3 is 2.58 bits per heavy atom. The van der Waals surface area contributed by atoms with Crippen molar-refractivity contribution in [1.29, 1.82) is 0 Å². The third kappa shape index (κ3) is 3.85. The molecule has 0 saturated heterocycles. The molecule has 0 bridgehead atoms. The second kappa shape index (κ2) is 5.47. The first kappa shape index (κ1) is 13.7. The molecule has 2 aromatic heterocycles. The minimum atomic E-state index is 0.144. The molecule has 1 N–H and O–H groups in total. The number of nitrogens with zero attached hydrogens (tertiary/aromatic N) is 1. The Bertz CT molecular complexity index is 495. The lowest BCUT2D eigenvalue weighted by Gasteiger charge is -2.19. The van der Waals surface area contributed by atoms with Crippen molar-refractivity contribution in [3.05, 3.63) is 48.0 Å². The van der Waals surface area contributed by atoms with Gasteiger partial charge in [0.05, 0.1) is 6.26 Å². The Morgan fingerprint density at radius 1 is 1.26 bits per heavy atom. The van der Waals surface area contributed by atoms with E-state index in [4.69, 9.17) is 4.42 Å². The fourth-order valence-electron chi connectivity index (χ4n) is 1.96. The molecule has 0 spiro atoms. The van der Waals surface area contributed by atoms with Gasteiger partial charge in [-0.2, -0.15) is 0 Å². The van der Waals surface area contributed by atoms with E-state index < -0.39 is 0 Å². The number of rotatable bonds is 4. The van der Waals surface area contributed by atoms with Gasteiger partial charge in [-0.1, -0.05) is 26.8 Å². The summed E-state index contributed by atoms with van der Waals surface area (Å²) in [5, 5.41) is 3.39. The second-order valence-corrected chi connectivity index (χ2v) is 6.01. The van der Waals surface area contributed by atoms with Gasteiger partial charge in [-0.05, 0) is 36.1 Å². The Balaban J connectivity index is 1.96. The Kier molecular flexibility index (Phi) is 3.93. The van der Waals surface area contributed by atoms with Crippen molar-refractivity contribution in [3.8, 4) is 0 Å². The molecule has 0 radical (unpaired) electrons. The lowest BCUT2D eigenvalue weighted by atomic mass is 9.88. The van der Waals surface area contributed by atoms with Gasteiger partial charge in [0.2, 0.25) is 0 Å². The average Bonchev–Trinajstić information content (AvgIpc) is 2.81. The van der Waals surface area contributed by atoms with Gasteiger partial charge in [-0.3, -0.25) is 0 Å². The Labute approximate surface area is 115 Å². The maximum atomic E-state index is 5.35. The summed E-state index contributed by atoms with van der Waals surface area (Å²) in [7, 11) is 0. The quantitative estimate of drug-likeness (QED) is 0.900. The average molecular weight is 258 g/mol. The minimum Gasteiger partial charge on any atom is -0.469 e. The van der Waals surface area contributed by atoms with Crippen LogP contribution < -0.4 is 5.32 Å². The van der Waals surface area contributed by atoms with Crippen LogP contribution >= 0.6 is 0 Å². The van der Waals surface area contributed by atoms with Crippen molar-refractivity contribution < 1.29 is 4.42 Å². The second-order valence-electron chi connectivity index (χ2n) is 6.01. The van der Waals surface area contributed by atoms with Gasteiger partial charge in [0, 0.05) is 18.7 Å². The van der Waals surface area contributed by atoms with Gasteiger partial charge in [-0.15, -0.1) is 0 Å². The molecule has 2 heterocycles. The molecule has 0 aliphatic rings. The molecule has 0 saturated carbocycles. The molecule has 19 heavy (non-hydrogen) atoms. The standard InChI is InChI=1S/C16H22N2O/c1-12(10-14-6-5-9-19-14)18-15-8-7-13(11-17-15)16(2,3)4/h5-9,11-12H,10H2,1-4H3,(H,17,18). The van der Waals surface area contributed by atoms with Crippen LogP contribution in [0, 0.1) is 0 Å². The van der Waals surface area contributed by atoms with E-state index in [2.05, 4.69) is 44.1 Å². The summed E-state index contributed by atoms with van der Waals surface area (Å²) in [5.74, 6) is 1.90. The molecule has 0 aromatic carbocycles. The van der Waals surface area contributed by atoms with E-state index in [0.717, 1.165) is 18.0 Å². The summed E-state index contributed by atoms with van der Waals surface area (Å²) in [6.07, 6.45) is 4.51. The van der Waals surface area contributed by atoms with Gasteiger partial charge in [0.15, 0.2) is 0 Å². The van der Waals surface area contributed by atoms with Crippen LogP contribution in [-0.2, 0) is 11.8 Å². The largest absolute Gasteiger partial charge is 0.469 e. The Morgan fingerprint density at radius 2 is 2.05 bits per heavy atom. The maximum absolute atomic E-state index is 5.35. The predicted octanol–water partition coefficient (Wildman–Crippen LogP) is 4.02. The number of pyridine rings is 1. The smallest absolute Gasteiger partial charge is 0.126 e. The lowest BCUT2D eigenvalue weighted by Crippen LogP contribution is -2.19. The monoisotopic (exact) mass is 258 g/mol. The molecular weight excluding hydrogens is 236 g/mol. The fraction of sp³-hybridized carbons (Fsp3) is 0.438. The van der Waals surface area contributed by atoms with Crippen LogP contribution in [0.4, 0.5) is 5.82 Å².